The van der Waals surface area contributed by atoms with E-state index in [1.54, 1.807) is 0 Å². The van der Waals surface area contributed by atoms with Crippen LogP contribution in [-0.2, 0) is 47.4 Å². The summed E-state index contributed by atoms with van der Waals surface area (Å²) in [7, 11) is -16.1. The van der Waals surface area contributed by atoms with Gasteiger partial charge in [-0.15, -0.1) is 5.11 Å². The molecule has 0 atom stereocenters. The summed E-state index contributed by atoms with van der Waals surface area (Å²) in [4.78, 5) is 17.7. The minimum absolute atomic E-state index is 0. The molecule has 253 valence electrons. The number of carbonyl (C=O) groups excluding carboxylic acids is 1. The Labute approximate surface area is 375 Å². The SMILES string of the molecule is O=C(Nc1cc2c([O-])c(N=Nc3cc(S(=O)(=O)[O-])ccc3[O-])c(S(=O)(=O)[O-])cc2cc1S(=O)(=O)[O-])c1ccc2nc(Cl)c(Cl)nc2c1.[Cu+2].[Na+].[Na+].[Na+]. The molecule has 17 nitrogen and oxygen atoms in total. The molecule has 0 saturated carbocycles. The fourth-order valence-electron chi connectivity index (χ4n) is 4.13. The van der Waals surface area contributed by atoms with E-state index in [0.29, 0.717) is 36.4 Å². The number of fused-ring (bicyclic) bond motifs is 2. The van der Waals surface area contributed by atoms with Gasteiger partial charge >= 0.3 is 106 Å². The van der Waals surface area contributed by atoms with E-state index in [1.807, 2.05) is 0 Å². The molecule has 0 spiro atoms. The predicted molar refractivity (Wildman–Crippen MR) is 155 cm³/mol. The molecule has 1 N–H and O–H groups in total. The van der Waals surface area contributed by atoms with Crippen molar-refractivity contribution in [3.63, 3.8) is 0 Å². The molecule has 5 rings (SSSR count). The van der Waals surface area contributed by atoms with Crippen LogP contribution in [0.3, 0.4) is 0 Å². The molecule has 0 aliphatic carbocycles. The van der Waals surface area contributed by atoms with E-state index in [2.05, 4.69) is 25.5 Å². The first-order valence-corrected chi connectivity index (χ1v) is 17.1. The number of hydrogen-bond acceptors (Lipinski definition) is 16. The van der Waals surface area contributed by atoms with Crippen molar-refractivity contribution in [1.29, 1.82) is 0 Å². The van der Waals surface area contributed by atoms with Gasteiger partial charge in [0, 0.05) is 5.56 Å². The summed E-state index contributed by atoms with van der Waals surface area (Å²) < 4.78 is 107. The number of anilines is 1. The fourth-order valence-corrected chi connectivity index (χ4v) is 6.18. The van der Waals surface area contributed by atoms with Crippen LogP contribution in [-0.4, -0.2) is 54.8 Å². The second kappa shape index (κ2) is 18.1. The molecule has 0 unspecified atom stereocenters. The summed E-state index contributed by atoms with van der Waals surface area (Å²) >= 11 is 11.7. The Bertz CT molecular complexity index is 2570. The zero-order valence-electron chi connectivity index (χ0n) is 25.7. The van der Waals surface area contributed by atoms with Crippen LogP contribution in [0.25, 0.3) is 21.8 Å². The molecule has 1 aromatic heterocycles. The molecule has 1 amide bonds. The number of carbonyl (C=O) groups is 1. The van der Waals surface area contributed by atoms with Crippen molar-refractivity contribution >= 4 is 98.3 Å². The zero-order valence-corrected chi connectivity index (χ0v) is 36.6. The van der Waals surface area contributed by atoms with Crippen LogP contribution in [0.2, 0.25) is 10.3 Å². The van der Waals surface area contributed by atoms with Crippen molar-refractivity contribution in [2.75, 3.05) is 5.32 Å². The smallest absolute Gasteiger partial charge is 0.871 e. The third-order valence-electron chi connectivity index (χ3n) is 6.24. The maximum Gasteiger partial charge on any atom is 2.00 e. The van der Waals surface area contributed by atoms with Crippen LogP contribution >= 0.6 is 23.2 Å². The summed E-state index contributed by atoms with van der Waals surface area (Å²) in [5, 5.41) is 33.0. The van der Waals surface area contributed by atoms with Crippen molar-refractivity contribution in [1.82, 2.24) is 9.97 Å². The number of nitrogens with zero attached hydrogens (tertiary/aromatic N) is 4. The van der Waals surface area contributed by atoms with Crippen molar-refractivity contribution in [2.45, 2.75) is 14.7 Å². The van der Waals surface area contributed by atoms with Gasteiger partial charge in [-0.25, -0.2) is 35.2 Å². The van der Waals surface area contributed by atoms with Crippen LogP contribution in [0.15, 0.2) is 79.5 Å². The normalized spacial score (nSPS) is 11.6. The van der Waals surface area contributed by atoms with Gasteiger partial charge in [-0.3, -0.25) is 4.79 Å². The third-order valence-corrected chi connectivity index (χ3v) is 9.42. The first-order valence-electron chi connectivity index (χ1n) is 12.1. The second-order valence-electron chi connectivity index (χ2n) is 9.28. The van der Waals surface area contributed by atoms with E-state index in [-0.39, 0.29) is 133 Å². The quantitative estimate of drug-likeness (QED) is 0.0905. The predicted octanol–water partition coefficient (Wildman–Crippen LogP) is -6.37. The van der Waals surface area contributed by atoms with E-state index in [1.165, 1.54) is 18.2 Å². The minimum Gasteiger partial charge on any atom is -0.871 e. The Morgan fingerprint density at radius 2 is 1.27 bits per heavy atom. The Morgan fingerprint density at radius 1 is 0.706 bits per heavy atom. The summed E-state index contributed by atoms with van der Waals surface area (Å²) in [5.41, 5.74) is -2.60. The second-order valence-corrected chi connectivity index (χ2v) is 14.1. The molecule has 1 radical (unpaired) electrons. The van der Waals surface area contributed by atoms with Gasteiger partial charge in [-0.1, -0.05) is 40.8 Å². The Hall–Kier alpha value is -1.02. The van der Waals surface area contributed by atoms with Gasteiger partial charge in [0.25, 0.3) is 5.91 Å². The van der Waals surface area contributed by atoms with Crippen LogP contribution in [0.4, 0.5) is 17.1 Å². The summed E-state index contributed by atoms with van der Waals surface area (Å²) in [6.07, 6.45) is 0. The maximum absolute atomic E-state index is 13.4. The van der Waals surface area contributed by atoms with Gasteiger partial charge in [-0.2, -0.15) is 5.11 Å². The Balaban J connectivity index is 0.00000325. The average molecular weight is 872 g/mol. The van der Waals surface area contributed by atoms with Gasteiger partial charge in [0.15, 0.2) is 10.3 Å². The number of azo groups is 1. The molecule has 0 aliphatic rings. The van der Waals surface area contributed by atoms with Crippen LogP contribution < -0.4 is 104 Å². The molecule has 0 fully saturated rings. The first-order chi connectivity index (χ1) is 21.7. The van der Waals surface area contributed by atoms with Gasteiger partial charge in [0.1, 0.15) is 30.4 Å². The van der Waals surface area contributed by atoms with Crippen LogP contribution in [0.5, 0.6) is 11.5 Å². The molecule has 5 aromatic rings. The summed E-state index contributed by atoms with van der Waals surface area (Å²) in [5.74, 6) is -3.44. The summed E-state index contributed by atoms with van der Waals surface area (Å²) in [6.45, 7) is 0. The third kappa shape index (κ3) is 10.8. The number of aromatic nitrogens is 2. The van der Waals surface area contributed by atoms with E-state index >= 15 is 0 Å². The first kappa shape index (κ1) is 48.0. The maximum atomic E-state index is 13.4. The molecular formula is C25H10Cl2CuN5Na3O12S3. The van der Waals surface area contributed by atoms with E-state index in [9.17, 15) is 53.9 Å². The van der Waals surface area contributed by atoms with Gasteiger partial charge < -0.3 is 29.2 Å². The Kier molecular flexibility index (Phi) is 17.0. The number of hydrogen-bond donors (Lipinski definition) is 1. The average Bonchev–Trinajstić information content (AvgIpc) is 2.96. The fraction of sp³-hybridized carbons (Fsp3) is 0. The molecule has 0 aliphatic heterocycles. The molecule has 1 heterocycles. The van der Waals surface area contributed by atoms with Crippen LogP contribution in [0.1, 0.15) is 10.4 Å². The molecule has 0 saturated heterocycles. The summed E-state index contributed by atoms with van der Waals surface area (Å²) in [6, 6.07) is 7.30. The zero-order chi connectivity index (χ0) is 34.6. The van der Waals surface area contributed by atoms with Crippen molar-refractivity contribution in [3.05, 3.63) is 70.5 Å². The molecule has 51 heavy (non-hydrogen) atoms. The molecular weight excluding hydrogens is 862 g/mol. The number of halogens is 2. The van der Waals surface area contributed by atoms with Crippen molar-refractivity contribution < 1.29 is 160 Å². The topological polar surface area (TPSA) is 297 Å². The van der Waals surface area contributed by atoms with E-state index in [0.717, 1.165) is 0 Å². The number of amides is 1. The van der Waals surface area contributed by atoms with Gasteiger partial charge in [0.2, 0.25) is 0 Å². The minimum atomic E-state index is -5.58. The van der Waals surface area contributed by atoms with Gasteiger partial charge in [0.05, 0.1) is 42.8 Å². The van der Waals surface area contributed by atoms with Crippen molar-refractivity contribution in [3.8, 4) is 11.5 Å². The molecule has 0 bridgehead atoms. The van der Waals surface area contributed by atoms with E-state index < -0.39 is 90.3 Å². The number of benzene rings is 4. The van der Waals surface area contributed by atoms with Crippen molar-refractivity contribution in [2.24, 2.45) is 10.2 Å². The molecule has 4 aromatic carbocycles. The van der Waals surface area contributed by atoms with Gasteiger partial charge in [-0.05, 0) is 59.3 Å². The number of nitrogens with one attached hydrogen (secondary N) is 1. The van der Waals surface area contributed by atoms with E-state index in [4.69, 9.17) is 23.2 Å². The molecule has 26 heteroatoms. The standard InChI is InChI=1S/C25H15Cl2N5O12S3.Cu.3Na/c26-23-24(27)29-15-5-10(1-3-14(15)28-23)25(35)30-17-9-13-11(6-19(17)46(39,40)41)7-20(47(42,43)44)21(22(13)34)32-31-16-8-12(45(36,37)38)2-4-18(16)33;;;;/h1-9,33-34H,(H,30,35)(H,36,37,38)(H,39,40,41)(H,42,43,44);;;;/q;+2;3*+1/p-5. The monoisotopic (exact) mass is 870 g/mol. The Morgan fingerprint density at radius 3 is 1.84 bits per heavy atom. The number of rotatable bonds is 7. The van der Waals surface area contributed by atoms with Crippen LogP contribution in [0, 0.1) is 0 Å². The largest absolute Gasteiger partial charge is 2.00 e.